The maximum Gasteiger partial charge on any atom is 0.274 e. The highest BCUT2D eigenvalue weighted by molar-refractivity contribution is 5.79. The van der Waals surface area contributed by atoms with E-state index in [0.717, 1.165) is 37.7 Å². The maximum absolute atomic E-state index is 12.9. The van der Waals surface area contributed by atoms with Gasteiger partial charge in [0.05, 0.1) is 18.9 Å². The van der Waals surface area contributed by atoms with Gasteiger partial charge in [-0.2, -0.15) is 10.2 Å². The summed E-state index contributed by atoms with van der Waals surface area (Å²) < 4.78 is 6.86. The summed E-state index contributed by atoms with van der Waals surface area (Å²) in [4.78, 5) is 24.2. The summed E-state index contributed by atoms with van der Waals surface area (Å²) in [6, 6.07) is 20.7. The van der Waals surface area contributed by atoms with Crippen LogP contribution in [-0.2, 0) is 4.74 Å². The Labute approximate surface area is 184 Å². The van der Waals surface area contributed by atoms with Gasteiger partial charge in [-0.15, -0.1) is 0 Å². The number of aromatic nitrogens is 3. The fourth-order valence-corrected chi connectivity index (χ4v) is 3.76. The van der Waals surface area contributed by atoms with Gasteiger partial charge in [0.15, 0.2) is 5.65 Å². The molecule has 0 atom stereocenters. The number of fused-ring (bicyclic) bond motifs is 1. The summed E-state index contributed by atoms with van der Waals surface area (Å²) in [5, 5.41) is 13.2. The van der Waals surface area contributed by atoms with Crippen molar-refractivity contribution in [3.8, 4) is 11.8 Å². The Bertz CT molecular complexity index is 1350. The number of benzene rings is 2. The molecule has 0 spiro atoms. The topological polar surface area (TPSA) is 96.1 Å². The van der Waals surface area contributed by atoms with Gasteiger partial charge in [0.1, 0.15) is 11.6 Å². The number of anilines is 3. The van der Waals surface area contributed by atoms with Crippen molar-refractivity contribution in [1.29, 1.82) is 5.26 Å². The molecule has 1 N–H and O–H groups in total. The van der Waals surface area contributed by atoms with E-state index in [1.165, 1.54) is 10.6 Å². The lowest BCUT2D eigenvalue weighted by molar-refractivity contribution is 0.122. The molecule has 8 heteroatoms. The molecule has 1 aliphatic rings. The Morgan fingerprint density at radius 3 is 2.47 bits per heavy atom. The highest BCUT2D eigenvalue weighted by Crippen LogP contribution is 2.22. The molecule has 0 saturated carbocycles. The number of nitrogens with zero attached hydrogens (tertiary/aromatic N) is 5. The quantitative estimate of drug-likeness (QED) is 0.537. The molecule has 2 aromatic heterocycles. The summed E-state index contributed by atoms with van der Waals surface area (Å²) in [6.07, 6.45) is 1.62. The molecule has 32 heavy (non-hydrogen) atoms. The second-order valence-corrected chi connectivity index (χ2v) is 7.39. The van der Waals surface area contributed by atoms with Gasteiger partial charge in [-0.25, -0.2) is 4.98 Å². The summed E-state index contributed by atoms with van der Waals surface area (Å²) in [5.41, 5.74) is 2.68. The van der Waals surface area contributed by atoms with Gasteiger partial charge in [-0.3, -0.25) is 9.36 Å². The average molecular weight is 424 g/mol. The first-order valence-electron chi connectivity index (χ1n) is 10.3. The third kappa shape index (κ3) is 3.77. The molecule has 0 radical (unpaired) electrons. The van der Waals surface area contributed by atoms with Crippen molar-refractivity contribution in [2.45, 2.75) is 0 Å². The molecule has 0 amide bonds. The van der Waals surface area contributed by atoms with Crippen molar-refractivity contribution in [2.75, 3.05) is 36.5 Å². The van der Waals surface area contributed by atoms with Crippen molar-refractivity contribution in [3.63, 3.8) is 0 Å². The van der Waals surface area contributed by atoms with E-state index in [4.69, 9.17) is 4.74 Å². The number of hydrogen-bond donors (Lipinski definition) is 1. The lowest BCUT2D eigenvalue weighted by Crippen LogP contribution is -2.36. The normalized spacial score (nSPS) is 13.7. The summed E-state index contributed by atoms with van der Waals surface area (Å²) in [5.74, 6) is 0.366. The molecule has 3 heterocycles. The predicted octanol–water partition coefficient (Wildman–Crippen LogP) is 3.23. The van der Waals surface area contributed by atoms with Crippen LogP contribution in [0.5, 0.6) is 0 Å². The van der Waals surface area contributed by atoms with Crippen LogP contribution in [0.25, 0.3) is 16.7 Å². The molecule has 158 valence electrons. The van der Waals surface area contributed by atoms with Gasteiger partial charge < -0.3 is 15.0 Å². The molecule has 0 unspecified atom stereocenters. The molecule has 1 fully saturated rings. The molecule has 0 aliphatic carbocycles. The maximum atomic E-state index is 12.9. The Hall–Kier alpha value is -4.22. The number of morpholine rings is 1. The van der Waals surface area contributed by atoms with E-state index in [2.05, 4.69) is 20.2 Å². The first-order chi connectivity index (χ1) is 15.7. The van der Waals surface area contributed by atoms with E-state index in [0.29, 0.717) is 22.7 Å². The molecule has 5 rings (SSSR count). The molecule has 2 aromatic carbocycles. The fraction of sp³-hybridized carbons (Fsp3) is 0.167. The van der Waals surface area contributed by atoms with E-state index in [-0.39, 0.29) is 5.56 Å². The number of nitrogens with one attached hydrogen (secondary N) is 1. The van der Waals surface area contributed by atoms with E-state index in [9.17, 15) is 10.1 Å². The molecule has 0 bridgehead atoms. The molecule has 1 aliphatic heterocycles. The van der Waals surface area contributed by atoms with Crippen molar-refractivity contribution in [1.82, 2.24) is 14.5 Å². The number of hydrogen-bond acceptors (Lipinski definition) is 7. The second kappa shape index (κ2) is 8.49. The van der Waals surface area contributed by atoms with Crippen LogP contribution in [-0.4, -0.2) is 40.8 Å². The van der Waals surface area contributed by atoms with Crippen molar-refractivity contribution >= 4 is 28.4 Å². The van der Waals surface area contributed by atoms with Gasteiger partial charge in [-0.1, -0.05) is 18.2 Å². The minimum absolute atomic E-state index is 0.0457. The minimum Gasteiger partial charge on any atom is -0.378 e. The molecule has 4 aromatic rings. The zero-order valence-electron chi connectivity index (χ0n) is 17.2. The number of para-hydroxylation sites is 1. The molecule has 1 saturated heterocycles. The first kappa shape index (κ1) is 19.7. The van der Waals surface area contributed by atoms with E-state index in [1.54, 1.807) is 6.20 Å². The van der Waals surface area contributed by atoms with E-state index < -0.39 is 5.56 Å². The van der Waals surface area contributed by atoms with Crippen LogP contribution in [0.2, 0.25) is 0 Å². The van der Waals surface area contributed by atoms with Gasteiger partial charge in [-0.05, 0) is 42.5 Å². The van der Waals surface area contributed by atoms with Crippen LogP contribution in [0.15, 0.2) is 71.7 Å². The summed E-state index contributed by atoms with van der Waals surface area (Å²) in [6.45, 7) is 3.23. The molecular formula is C24H20N6O2. The number of pyridine rings is 1. The van der Waals surface area contributed by atoms with Crippen LogP contribution >= 0.6 is 0 Å². The number of rotatable bonds is 4. The number of ether oxygens (including phenoxy) is 1. The SMILES string of the molecule is N#Cc1cc2cnc(Nc3ccc(N4CCOCC4)cc3)nc2n(-c2ccccc2)c1=O. The van der Waals surface area contributed by atoms with Gasteiger partial charge >= 0.3 is 0 Å². The standard InChI is InChI=1S/C24H20N6O2/c25-15-17-14-18-16-26-24(28-22(18)30(23(17)31)21-4-2-1-3-5-21)27-19-6-8-20(9-7-19)29-10-12-32-13-11-29/h1-9,14,16H,10-13H2,(H,26,27,28). The lowest BCUT2D eigenvalue weighted by atomic mass is 10.2. The first-order valence-corrected chi connectivity index (χ1v) is 10.3. The van der Waals surface area contributed by atoms with Crippen molar-refractivity contribution < 1.29 is 4.74 Å². The third-order valence-electron chi connectivity index (χ3n) is 5.38. The minimum atomic E-state index is -0.411. The summed E-state index contributed by atoms with van der Waals surface area (Å²) in [7, 11) is 0. The van der Waals surface area contributed by atoms with Crippen LogP contribution in [0.4, 0.5) is 17.3 Å². The fourth-order valence-electron chi connectivity index (χ4n) is 3.76. The van der Waals surface area contributed by atoms with E-state index in [1.807, 2.05) is 60.7 Å². The predicted molar refractivity (Wildman–Crippen MR) is 123 cm³/mol. The van der Waals surface area contributed by atoms with Gasteiger partial charge in [0.2, 0.25) is 5.95 Å². The molecule has 8 nitrogen and oxygen atoms in total. The monoisotopic (exact) mass is 424 g/mol. The lowest BCUT2D eigenvalue weighted by Gasteiger charge is -2.28. The summed E-state index contributed by atoms with van der Waals surface area (Å²) >= 11 is 0. The highest BCUT2D eigenvalue weighted by Gasteiger charge is 2.14. The van der Waals surface area contributed by atoms with Crippen molar-refractivity contribution in [2.24, 2.45) is 0 Å². The largest absolute Gasteiger partial charge is 0.378 e. The van der Waals surface area contributed by atoms with Crippen LogP contribution in [0, 0.1) is 11.3 Å². The highest BCUT2D eigenvalue weighted by atomic mass is 16.5. The average Bonchev–Trinajstić information content (AvgIpc) is 2.85. The van der Waals surface area contributed by atoms with Crippen LogP contribution < -0.4 is 15.8 Å². The van der Waals surface area contributed by atoms with Gasteiger partial charge in [0, 0.05) is 36.0 Å². The molecular weight excluding hydrogens is 404 g/mol. The third-order valence-corrected chi connectivity index (χ3v) is 5.38. The van der Waals surface area contributed by atoms with Crippen LogP contribution in [0.1, 0.15) is 5.56 Å². The smallest absolute Gasteiger partial charge is 0.274 e. The Balaban J connectivity index is 1.50. The van der Waals surface area contributed by atoms with Crippen LogP contribution in [0.3, 0.4) is 0 Å². The number of nitriles is 1. The van der Waals surface area contributed by atoms with Gasteiger partial charge in [0.25, 0.3) is 5.56 Å². The Kier molecular flexibility index (Phi) is 5.24. The zero-order chi connectivity index (χ0) is 21.9. The Morgan fingerprint density at radius 2 is 1.75 bits per heavy atom. The Morgan fingerprint density at radius 1 is 1.00 bits per heavy atom. The van der Waals surface area contributed by atoms with Crippen molar-refractivity contribution in [3.05, 3.63) is 82.8 Å². The zero-order valence-corrected chi connectivity index (χ0v) is 17.2. The van der Waals surface area contributed by atoms with E-state index >= 15 is 0 Å². The second-order valence-electron chi connectivity index (χ2n) is 7.39.